The first kappa shape index (κ1) is 9.06. The Morgan fingerprint density at radius 2 is 1.18 bits per heavy atom. The van der Waals surface area contributed by atoms with Crippen LogP contribution in [0.5, 0.6) is 0 Å². The van der Waals surface area contributed by atoms with E-state index >= 15 is 0 Å². The molecule has 0 unspecified atom stereocenters. The summed E-state index contributed by atoms with van der Waals surface area (Å²) >= 11 is 0. The van der Waals surface area contributed by atoms with Crippen LogP contribution >= 0.6 is 0 Å². The summed E-state index contributed by atoms with van der Waals surface area (Å²) in [6, 6.07) is 20.3. The van der Waals surface area contributed by atoms with Gasteiger partial charge in [0.1, 0.15) is 0 Å². The van der Waals surface area contributed by atoms with Gasteiger partial charge in [0.25, 0.3) is 0 Å². The predicted octanol–water partition coefficient (Wildman–Crippen LogP) is 3.86. The van der Waals surface area contributed by atoms with Crippen LogP contribution in [-0.4, -0.2) is 0 Å². The highest BCUT2D eigenvalue weighted by Crippen LogP contribution is 2.50. The average molecular weight is 219 g/mol. The van der Waals surface area contributed by atoms with Crippen LogP contribution in [0, 0.1) is 0 Å². The summed E-state index contributed by atoms with van der Waals surface area (Å²) in [5, 5.41) is 0. The Hall–Kier alpha value is -2.02. The van der Waals surface area contributed by atoms with Gasteiger partial charge in [-0.15, -0.1) is 0 Å². The lowest BCUT2D eigenvalue weighted by Crippen LogP contribution is -2.18. The molecule has 2 heterocycles. The Labute approximate surface area is 101 Å². The topological polar surface area (TPSA) is 3.24 Å². The van der Waals surface area contributed by atoms with Crippen molar-refractivity contribution in [3.8, 4) is 0 Å². The van der Waals surface area contributed by atoms with Gasteiger partial charge in [0, 0.05) is 5.69 Å². The molecule has 0 fully saturated rings. The van der Waals surface area contributed by atoms with Crippen molar-refractivity contribution >= 4 is 5.69 Å². The Kier molecular flexibility index (Phi) is 1.72. The van der Waals surface area contributed by atoms with Crippen molar-refractivity contribution in [1.29, 1.82) is 0 Å². The molecule has 0 aromatic heterocycles. The zero-order chi connectivity index (χ0) is 11.2. The van der Waals surface area contributed by atoms with Gasteiger partial charge in [-0.3, -0.25) is 0 Å². The highest BCUT2D eigenvalue weighted by atomic mass is 15.2. The largest absolute Gasteiger partial charge is 0.350 e. The summed E-state index contributed by atoms with van der Waals surface area (Å²) in [7, 11) is 0. The molecule has 0 saturated carbocycles. The molecular formula is C16H13N. The van der Waals surface area contributed by atoms with E-state index in [9.17, 15) is 0 Å². The Morgan fingerprint density at radius 3 is 1.76 bits per heavy atom. The second-order valence-electron chi connectivity index (χ2n) is 4.65. The zero-order valence-corrected chi connectivity index (χ0v) is 9.45. The van der Waals surface area contributed by atoms with Crippen LogP contribution in [0.15, 0.2) is 66.7 Å². The molecule has 2 aromatic carbocycles. The van der Waals surface area contributed by atoms with Gasteiger partial charge < -0.3 is 4.90 Å². The zero-order valence-electron chi connectivity index (χ0n) is 9.45. The lowest BCUT2D eigenvalue weighted by atomic mass is 9.97. The molecule has 4 rings (SSSR count). The fourth-order valence-corrected chi connectivity index (χ4v) is 3.05. The van der Waals surface area contributed by atoms with Crippen LogP contribution < -0.4 is 4.90 Å². The maximum absolute atomic E-state index is 2.49. The van der Waals surface area contributed by atoms with Crippen molar-refractivity contribution in [2.75, 3.05) is 4.90 Å². The number of nitrogens with zero attached hydrogens (tertiary/aromatic N) is 1. The van der Waals surface area contributed by atoms with Crippen molar-refractivity contribution in [2.24, 2.45) is 0 Å². The summed E-state index contributed by atoms with van der Waals surface area (Å²) < 4.78 is 0. The normalized spacial score (nSPS) is 24.1. The highest BCUT2D eigenvalue weighted by Gasteiger charge is 2.39. The second kappa shape index (κ2) is 3.24. The molecule has 0 spiro atoms. The molecule has 17 heavy (non-hydrogen) atoms. The molecular weight excluding hydrogens is 206 g/mol. The maximum atomic E-state index is 2.49. The molecule has 2 aromatic rings. The van der Waals surface area contributed by atoms with Gasteiger partial charge in [-0.25, -0.2) is 0 Å². The number of anilines is 1. The first-order valence-corrected chi connectivity index (χ1v) is 6.06. The van der Waals surface area contributed by atoms with Crippen molar-refractivity contribution in [2.45, 2.75) is 12.1 Å². The van der Waals surface area contributed by atoms with Crippen molar-refractivity contribution < 1.29 is 0 Å². The van der Waals surface area contributed by atoms with Gasteiger partial charge in [-0.05, 0) is 23.3 Å². The molecule has 1 nitrogen and oxygen atoms in total. The predicted molar refractivity (Wildman–Crippen MR) is 70.0 cm³/mol. The fourth-order valence-electron chi connectivity index (χ4n) is 3.05. The third-order valence-corrected chi connectivity index (χ3v) is 3.76. The summed E-state index contributed by atoms with van der Waals surface area (Å²) in [5.74, 6) is 0. The van der Waals surface area contributed by atoms with Crippen LogP contribution in [0.4, 0.5) is 5.69 Å². The minimum atomic E-state index is 0.429. The van der Waals surface area contributed by atoms with Gasteiger partial charge in [-0.1, -0.05) is 54.6 Å². The van der Waals surface area contributed by atoms with E-state index in [2.05, 4.69) is 71.6 Å². The number of hydrogen-bond acceptors (Lipinski definition) is 1. The van der Waals surface area contributed by atoms with Crippen LogP contribution in [0.2, 0.25) is 0 Å². The first-order chi connectivity index (χ1) is 8.45. The Balaban J connectivity index is 1.85. The van der Waals surface area contributed by atoms with E-state index in [1.54, 1.807) is 0 Å². The average Bonchev–Trinajstić information content (AvgIpc) is 2.97. The third-order valence-electron chi connectivity index (χ3n) is 3.76. The lowest BCUT2D eigenvalue weighted by Gasteiger charge is -2.25. The van der Waals surface area contributed by atoms with Crippen molar-refractivity contribution in [3.05, 3.63) is 77.9 Å². The van der Waals surface area contributed by atoms with E-state index in [0.717, 1.165) is 0 Å². The standard InChI is InChI=1S/C16H13N/c1-2-6-12(7-3-1)17-15-10-11-16(17)14-9-5-4-8-13(14)15/h1-11,15-16H/t15-,16+. The third kappa shape index (κ3) is 1.14. The maximum Gasteiger partial charge on any atom is 0.0740 e. The summed E-state index contributed by atoms with van der Waals surface area (Å²) in [5.41, 5.74) is 4.23. The number of fused-ring (bicyclic) bond motifs is 5. The molecule has 1 heteroatoms. The minimum absolute atomic E-state index is 0.429. The molecule has 0 N–H and O–H groups in total. The summed E-state index contributed by atoms with van der Waals surface area (Å²) in [6.07, 6.45) is 4.64. The minimum Gasteiger partial charge on any atom is -0.350 e. The van der Waals surface area contributed by atoms with E-state index in [0.29, 0.717) is 12.1 Å². The van der Waals surface area contributed by atoms with Crippen molar-refractivity contribution in [1.82, 2.24) is 0 Å². The Bertz CT molecular complexity index is 552. The van der Waals surface area contributed by atoms with E-state index < -0.39 is 0 Å². The molecule has 0 aliphatic carbocycles. The number of para-hydroxylation sites is 1. The number of hydrogen-bond donors (Lipinski definition) is 0. The molecule has 82 valence electrons. The van der Waals surface area contributed by atoms with Crippen LogP contribution in [-0.2, 0) is 0 Å². The quantitative estimate of drug-likeness (QED) is 0.658. The van der Waals surface area contributed by atoms with E-state index in [-0.39, 0.29) is 0 Å². The van der Waals surface area contributed by atoms with E-state index in [1.165, 1.54) is 16.8 Å². The number of rotatable bonds is 1. The molecule has 2 aliphatic rings. The smallest absolute Gasteiger partial charge is 0.0740 e. The van der Waals surface area contributed by atoms with E-state index in [4.69, 9.17) is 0 Å². The highest BCUT2D eigenvalue weighted by molar-refractivity contribution is 5.63. The van der Waals surface area contributed by atoms with Gasteiger partial charge in [0.05, 0.1) is 12.1 Å². The molecule has 0 radical (unpaired) electrons. The second-order valence-corrected chi connectivity index (χ2v) is 4.65. The summed E-state index contributed by atoms with van der Waals surface area (Å²) in [4.78, 5) is 2.49. The molecule has 2 bridgehead atoms. The first-order valence-electron chi connectivity index (χ1n) is 6.06. The molecule has 2 atom stereocenters. The van der Waals surface area contributed by atoms with E-state index in [1.807, 2.05) is 0 Å². The summed E-state index contributed by atoms with van der Waals surface area (Å²) in [6.45, 7) is 0. The SMILES string of the molecule is C1=C[C@H]2c3ccccc3[C@@H]1N2c1ccccc1. The molecule has 0 amide bonds. The fraction of sp³-hybridized carbons (Fsp3) is 0.125. The Morgan fingerprint density at radius 1 is 0.647 bits per heavy atom. The van der Waals surface area contributed by atoms with Crippen LogP contribution in [0.25, 0.3) is 0 Å². The van der Waals surface area contributed by atoms with Gasteiger partial charge >= 0.3 is 0 Å². The van der Waals surface area contributed by atoms with Crippen LogP contribution in [0.1, 0.15) is 23.2 Å². The number of benzene rings is 2. The van der Waals surface area contributed by atoms with Gasteiger partial charge in [-0.2, -0.15) is 0 Å². The molecule has 0 saturated heterocycles. The van der Waals surface area contributed by atoms with Gasteiger partial charge in [0.15, 0.2) is 0 Å². The lowest BCUT2D eigenvalue weighted by molar-refractivity contribution is 0.784. The van der Waals surface area contributed by atoms with Gasteiger partial charge in [0.2, 0.25) is 0 Å². The van der Waals surface area contributed by atoms with Crippen molar-refractivity contribution in [3.63, 3.8) is 0 Å². The van der Waals surface area contributed by atoms with Crippen LogP contribution in [0.3, 0.4) is 0 Å². The molecule has 2 aliphatic heterocycles. The monoisotopic (exact) mass is 219 g/mol.